The Balaban J connectivity index is 1.44. The second-order valence-electron chi connectivity index (χ2n) is 7.53. The number of carbonyl (C=O) groups is 3. The van der Waals surface area contributed by atoms with Gasteiger partial charge in [0.05, 0.1) is 12.1 Å². The average molecular weight is 375 g/mol. The van der Waals surface area contributed by atoms with E-state index >= 15 is 0 Å². The van der Waals surface area contributed by atoms with Gasteiger partial charge < -0.3 is 14.7 Å². The summed E-state index contributed by atoms with van der Waals surface area (Å²) in [6, 6.07) is 0. The molecule has 1 N–H and O–H groups in total. The monoisotopic (exact) mass is 375 g/mol. The largest absolute Gasteiger partial charge is 0.345 e. The van der Waals surface area contributed by atoms with Gasteiger partial charge in [-0.25, -0.2) is 0 Å². The van der Waals surface area contributed by atoms with Crippen LogP contribution in [-0.2, 0) is 20.8 Å². The quantitative estimate of drug-likeness (QED) is 0.723. The highest BCUT2D eigenvalue weighted by Gasteiger charge is 2.31. The van der Waals surface area contributed by atoms with Gasteiger partial charge in [-0.05, 0) is 31.2 Å². The molecule has 2 aliphatic heterocycles. The van der Waals surface area contributed by atoms with Crippen LogP contribution in [0.25, 0.3) is 0 Å². The SMILES string of the molecule is CN(CCc1cn[nH]c1)C(=O)[C@H]1CCC(=O)N(CCCN2CCCC2=O)C1. The van der Waals surface area contributed by atoms with Gasteiger partial charge in [-0.15, -0.1) is 0 Å². The fourth-order valence-corrected chi connectivity index (χ4v) is 3.86. The molecule has 3 amide bonds. The van der Waals surface area contributed by atoms with Crippen molar-refractivity contribution in [2.45, 2.75) is 38.5 Å². The minimum atomic E-state index is -0.134. The fraction of sp³-hybridized carbons (Fsp3) is 0.684. The minimum absolute atomic E-state index is 0.103. The summed E-state index contributed by atoms with van der Waals surface area (Å²) in [6.07, 6.45) is 7.76. The molecule has 0 aliphatic carbocycles. The van der Waals surface area contributed by atoms with Gasteiger partial charge in [-0.3, -0.25) is 19.5 Å². The number of aromatic amines is 1. The summed E-state index contributed by atoms with van der Waals surface area (Å²) in [5.74, 6) is 0.302. The standard InChI is InChI=1S/C19H29N5O3/c1-22(11-7-15-12-20-21-13-15)19(27)16-5-6-18(26)24(14-16)10-3-9-23-8-2-4-17(23)25/h12-13,16H,2-11,14H2,1H3,(H,20,21)/t16-/m0/s1. The first-order valence-corrected chi connectivity index (χ1v) is 9.83. The van der Waals surface area contributed by atoms with Gasteiger partial charge in [0.2, 0.25) is 17.7 Å². The maximum absolute atomic E-state index is 12.7. The van der Waals surface area contributed by atoms with Crippen LogP contribution in [0.2, 0.25) is 0 Å². The highest BCUT2D eigenvalue weighted by atomic mass is 16.2. The first kappa shape index (κ1) is 19.4. The maximum atomic E-state index is 12.7. The van der Waals surface area contributed by atoms with Gasteiger partial charge in [0.15, 0.2) is 0 Å². The lowest BCUT2D eigenvalue weighted by Crippen LogP contribution is -2.47. The van der Waals surface area contributed by atoms with Crippen molar-refractivity contribution in [1.82, 2.24) is 24.9 Å². The number of rotatable bonds is 8. The first-order chi connectivity index (χ1) is 13.0. The molecule has 0 radical (unpaired) electrons. The van der Waals surface area contributed by atoms with Crippen molar-refractivity contribution in [2.24, 2.45) is 5.92 Å². The summed E-state index contributed by atoms with van der Waals surface area (Å²) >= 11 is 0. The van der Waals surface area contributed by atoms with Crippen molar-refractivity contribution in [3.8, 4) is 0 Å². The van der Waals surface area contributed by atoms with Crippen LogP contribution in [0, 0.1) is 5.92 Å². The molecule has 3 rings (SSSR count). The molecule has 0 unspecified atom stereocenters. The normalized spacial score (nSPS) is 20.4. The Bertz CT molecular complexity index is 660. The summed E-state index contributed by atoms with van der Waals surface area (Å²) in [7, 11) is 1.82. The summed E-state index contributed by atoms with van der Waals surface area (Å²) < 4.78 is 0. The van der Waals surface area contributed by atoms with Crippen LogP contribution in [0.15, 0.2) is 12.4 Å². The van der Waals surface area contributed by atoms with E-state index in [2.05, 4.69) is 10.2 Å². The van der Waals surface area contributed by atoms with Crippen LogP contribution >= 0.6 is 0 Å². The third kappa shape index (κ3) is 5.08. The predicted molar refractivity (Wildman–Crippen MR) is 99.7 cm³/mol. The summed E-state index contributed by atoms with van der Waals surface area (Å²) in [6.45, 7) is 3.27. The second-order valence-corrected chi connectivity index (χ2v) is 7.53. The number of nitrogens with one attached hydrogen (secondary N) is 1. The second kappa shape index (κ2) is 9.01. The number of carbonyl (C=O) groups excluding carboxylic acids is 3. The fourth-order valence-electron chi connectivity index (χ4n) is 3.86. The van der Waals surface area contributed by atoms with E-state index in [9.17, 15) is 14.4 Å². The van der Waals surface area contributed by atoms with E-state index in [4.69, 9.17) is 0 Å². The van der Waals surface area contributed by atoms with Crippen LogP contribution < -0.4 is 0 Å². The molecule has 0 aromatic carbocycles. The van der Waals surface area contributed by atoms with Gasteiger partial charge in [-0.1, -0.05) is 0 Å². The van der Waals surface area contributed by atoms with Crippen molar-refractivity contribution < 1.29 is 14.4 Å². The summed E-state index contributed by atoms with van der Waals surface area (Å²) in [4.78, 5) is 42.1. The maximum Gasteiger partial charge on any atom is 0.227 e. The number of hydrogen-bond donors (Lipinski definition) is 1. The van der Waals surface area contributed by atoms with Crippen molar-refractivity contribution in [1.29, 1.82) is 0 Å². The number of likely N-dealkylation sites (tertiary alicyclic amines) is 2. The van der Waals surface area contributed by atoms with Gasteiger partial charge in [0.1, 0.15) is 0 Å². The van der Waals surface area contributed by atoms with Crippen LogP contribution in [0.4, 0.5) is 0 Å². The highest BCUT2D eigenvalue weighted by Crippen LogP contribution is 2.20. The molecular weight excluding hydrogens is 346 g/mol. The number of hydrogen-bond acceptors (Lipinski definition) is 4. The van der Waals surface area contributed by atoms with Crippen LogP contribution in [0.5, 0.6) is 0 Å². The molecule has 148 valence electrons. The van der Waals surface area contributed by atoms with Crippen molar-refractivity contribution in [3.63, 3.8) is 0 Å². The molecule has 1 aromatic rings. The Hall–Kier alpha value is -2.38. The minimum Gasteiger partial charge on any atom is -0.345 e. The third-order valence-corrected chi connectivity index (χ3v) is 5.54. The number of aromatic nitrogens is 2. The van der Waals surface area contributed by atoms with E-state index in [1.54, 1.807) is 16.0 Å². The zero-order valence-electron chi connectivity index (χ0n) is 16.0. The lowest BCUT2D eigenvalue weighted by atomic mass is 9.95. The highest BCUT2D eigenvalue weighted by molar-refractivity contribution is 5.83. The van der Waals surface area contributed by atoms with Gasteiger partial charge >= 0.3 is 0 Å². The Morgan fingerprint density at radius 2 is 2.04 bits per heavy atom. The molecule has 2 aliphatic rings. The van der Waals surface area contributed by atoms with Gasteiger partial charge in [0, 0.05) is 58.8 Å². The molecule has 0 saturated carbocycles. The van der Waals surface area contributed by atoms with E-state index < -0.39 is 0 Å². The van der Waals surface area contributed by atoms with E-state index in [1.165, 1.54) is 0 Å². The van der Waals surface area contributed by atoms with E-state index in [0.717, 1.165) is 31.4 Å². The number of amides is 3. The molecule has 1 atom stereocenters. The molecule has 2 saturated heterocycles. The Morgan fingerprint density at radius 1 is 1.26 bits per heavy atom. The Morgan fingerprint density at radius 3 is 2.74 bits per heavy atom. The topological polar surface area (TPSA) is 89.6 Å². The lowest BCUT2D eigenvalue weighted by molar-refractivity contribution is -0.142. The van der Waals surface area contributed by atoms with E-state index in [0.29, 0.717) is 45.4 Å². The van der Waals surface area contributed by atoms with Gasteiger partial charge in [-0.2, -0.15) is 5.10 Å². The zero-order chi connectivity index (χ0) is 19.2. The zero-order valence-corrected chi connectivity index (χ0v) is 16.0. The van der Waals surface area contributed by atoms with Crippen molar-refractivity contribution in [3.05, 3.63) is 18.0 Å². The third-order valence-electron chi connectivity index (χ3n) is 5.54. The number of likely N-dealkylation sites (N-methyl/N-ethyl adjacent to an activating group) is 1. The molecule has 3 heterocycles. The van der Waals surface area contributed by atoms with Crippen molar-refractivity contribution >= 4 is 17.7 Å². The molecule has 27 heavy (non-hydrogen) atoms. The molecular formula is C19H29N5O3. The summed E-state index contributed by atoms with van der Waals surface area (Å²) in [5, 5.41) is 6.69. The molecule has 0 spiro atoms. The van der Waals surface area contributed by atoms with E-state index in [-0.39, 0.29) is 23.6 Å². The first-order valence-electron chi connectivity index (χ1n) is 9.83. The molecule has 8 heteroatoms. The Labute approximate surface area is 159 Å². The molecule has 2 fully saturated rings. The van der Waals surface area contributed by atoms with Gasteiger partial charge in [0.25, 0.3) is 0 Å². The number of nitrogens with zero attached hydrogens (tertiary/aromatic N) is 4. The number of piperidine rings is 1. The van der Waals surface area contributed by atoms with Crippen LogP contribution in [0.1, 0.15) is 37.7 Å². The predicted octanol–water partition coefficient (Wildman–Crippen LogP) is 0.662. The average Bonchev–Trinajstić information content (AvgIpc) is 3.32. The van der Waals surface area contributed by atoms with E-state index in [1.807, 2.05) is 18.1 Å². The van der Waals surface area contributed by atoms with Crippen molar-refractivity contribution in [2.75, 3.05) is 39.8 Å². The molecule has 0 bridgehead atoms. The van der Waals surface area contributed by atoms with Crippen LogP contribution in [-0.4, -0.2) is 82.4 Å². The summed E-state index contributed by atoms with van der Waals surface area (Å²) in [5.41, 5.74) is 1.08. The molecule has 8 nitrogen and oxygen atoms in total. The van der Waals surface area contributed by atoms with Crippen LogP contribution in [0.3, 0.4) is 0 Å². The number of H-pyrrole nitrogens is 1. The lowest BCUT2D eigenvalue weighted by Gasteiger charge is -2.34. The Kier molecular flexibility index (Phi) is 6.47. The smallest absolute Gasteiger partial charge is 0.227 e. The molecule has 1 aromatic heterocycles.